The lowest BCUT2D eigenvalue weighted by Gasteiger charge is -2.11. The first-order chi connectivity index (χ1) is 15.4. The van der Waals surface area contributed by atoms with Crippen molar-refractivity contribution in [1.29, 1.82) is 0 Å². The maximum Gasteiger partial charge on any atom is 0.408 e. The Labute approximate surface area is 179 Å². The minimum atomic E-state index is -4.36. The van der Waals surface area contributed by atoms with Crippen molar-refractivity contribution >= 4 is 28.1 Å². The second-order valence-electron chi connectivity index (χ2n) is 7.17. The van der Waals surface area contributed by atoms with Crippen LogP contribution in [0.15, 0.2) is 73.6 Å². The van der Waals surface area contributed by atoms with Gasteiger partial charge in [-0.05, 0) is 29.8 Å². The summed E-state index contributed by atoms with van der Waals surface area (Å²) < 4.78 is 40.6. The number of fused-ring (bicyclic) bond motifs is 2. The molecular weight excluding hydrogens is 421 g/mol. The van der Waals surface area contributed by atoms with E-state index in [0.717, 1.165) is 10.3 Å². The number of alkyl halides is 3. The lowest BCUT2D eigenvalue weighted by molar-refractivity contribution is -0.142. The van der Waals surface area contributed by atoms with E-state index in [1.165, 1.54) is 12.4 Å². The predicted molar refractivity (Wildman–Crippen MR) is 112 cm³/mol. The van der Waals surface area contributed by atoms with Gasteiger partial charge in [-0.2, -0.15) is 18.3 Å². The molecule has 160 valence electrons. The molecule has 0 aliphatic heterocycles. The van der Waals surface area contributed by atoms with Gasteiger partial charge in [0.05, 0.1) is 23.0 Å². The summed E-state index contributed by atoms with van der Waals surface area (Å²) >= 11 is 0. The summed E-state index contributed by atoms with van der Waals surface area (Å²) in [7, 11) is 0. The molecule has 5 rings (SSSR count). The van der Waals surface area contributed by atoms with Gasteiger partial charge in [0.2, 0.25) is 0 Å². The smallest absolute Gasteiger partial charge is 0.320 e. The van der Waals surface area contributed by atoms with E-state index < -0.39 is 12.7 Å². The largest absolute Gasteiger partial charge is 0.408 e. The minimum Gasteiger partial charge on any atom is -0.320 e. The highest BCUT2D eigenvalue weighted by Gasteiger charge is 2.28. The highest BCUT2D eigenvalue weighted by molar-refractivity contribution is 6.10. The Hall–Kier alpha value is -4.21. The van der Waals surface area contributed by atoms with Crippen LogP contribution in [0.2, 0.25) is 0 Å². The van der Waals surface area contributed by atoms with Gasteiger partial charge in [0.1, 0.15) is 12.2 Å². The molecule has 0 radical (unpaired) electrons. The molecule has 0 unspecified atom stereocenters. The number of carbonyl (C=O) groups is 1. The zero-order valence-electron chi connectivity index (χ0n) is 16.4. The van der Waals surface area contributed by atoms with Crippen LogP contribution in [0, 0.1) is 0 Å². The molecule has 5 aromatic rings. The number of nitrogens with zero attached hydrogens (tertiary/aromatic N) is 5. The second-order valence-corrected chi connectivity index (χ2v) is 7.17. The number of anilines is 1. The van der Waals surface area contributed by atoms with Gasteiger partial charge in [-0.1, -0.05) is 12.1 Å². The number of benzene rings is 1. The maximum absolute atomic E-state index is 12.8. The number of imidazole rings is 1. The lowest BCUT2D eigenvalue weighted by Crippen LogP contribution is -2.17. The molecule has 0 aliphatic rings. The van der Waals surface area contributed by atoms with E-state index in [9.17, 15) is 18.0 Å². The molecule has 0 saturated carbocycles. The van der Waals surface area contributed by atoms with Crippen LogP contribution in [0.25, 0.3) is 27.7 Å². The van der Waals surface area contributed by atoms with Crippen LogP contribution in [-0.2, 0) is 6.54 Å². The van der Waals surface area contributed by atoms with E-state index in [4.69, 9.17) is 0 Å². The standard InChI is InChI=1S/C22H15F3N6O/c23-22(24,25)13-31-12-15(10-28-31)16-6-7-27-20-17(16)2-1-3-18(20)29-21(32)14-4-5-19-26-8-9-30(19)11-14/h1-12H,13H2,(H,29,32). The van der Waals surface area contributed by atoms with Crippen LogP contribution in [-0.4, -0.2) is 36.2 Å². The fraction of sp³-hybridized carbons (Fsp3) is 0.0909. The summed E-state index contributed by atoms with van der Waals surface area (Å²) in [6.45, 7) is -1.17. The number of para-hydroxylation sites is 1. The summed E-state index contributed by atoms with van der Waals surface area (Å²) in [4.78, 5) is 21.4. The summed E-state index contributed by atoms with van der Waals surface area (Å²) in [5.41, 5.74) is 3.37. The number of nitrogens with one attached hydrogen (secondary N) is 1. The van der Waals surface area contributed by atoms with E-state index in [-0.39, 0.29) is 5.91 Å². The Bertz CT molecular complexity index is 1450. The van der Waals surface area contributed by atoms with Gasteiger partial charge >= 0.3 is 6.18 Å². The van der Waals surface area contributed by atoms with E-state index in [2.05, 4.69) is 20.4 Å². The third kappa shape index (κ3) is 3.78. The second kappa shape index (κ2) is 7.49. The van der Waals surface area contributed by atoms with Gasteiger partial charge in [-0.3, -0.25) is 14.5 Å². The van der Waals surface area contributed by atoms with Gasteiger partial charge in [-0.25, -0.2) is 4.98 Å². The SMILES string of the molecule is O=C(Nc1cccc2c(-c3cnn(CC(F)(F)F)c3)ccnc12)c1ccc2nccn2c1. The lowest BCUT2D eigenvalue weighted by atomic mass is 10.0. The van der Waals surface area contributed by atoms with E-state index >= 15 is 0 Å². The Kier molecular flexibility index (Phi) is 4.62. The molecule has 4 aromatic heterocycles. The fourth-order valence-electron chi connectivity index (χ4n) is 3.55. The third-order valence-electron chi connectivity index (χ3n) is 4.96. The molecule has 0 spiro atoms. The normalized spacial score (nSPS) is 11.8. The van der Waals surface area contributed by atoms with Crippen molar-refractivity contribution < 1.29 is 18.0 Å². The first kappa shape index (κ1) is 19.7. The van der Waals surface area contributed by atoms with Crippen LogP contribution < -0.4 is 5.32 Å². The molecule has 0 atom stereocenters. The highest BCUT2D eigenvalue weighted by Crippen LogP contribution is 2.31. The van der Waals surface area contributed by atoms with Crippen molar-refractivity contribution in [3.63, 3.8) is 0 Å². The van der Waals surface area contributed by atoms with Crippen LogP contribution in [0.4, 0.5) is 18.9 Å². The minimum absolute atomic E-state index is 0.321. The Morgan fingerprint density at radius 1 is 1.03 bits per heavy atom. The predicted octanol–water partition coefficient (Wildman–Crippen LogP) is 4.56. The topological polar surface area (TPSA) is 77.1 Å². The Morgan fingerprint density at radius 2 is 1.91 bits per heavy atom. The number of aromatic nitrogens is 5. The summed E-state index contributed by atoms with van der Waals surface area (Å²) in [5, 5.41) is 7.37. The molecule has 10 heteroatoms. The van der Waals surface area contributed by atoms with Gasteiger partial charge in [0.25, 0.3) is 5.91 Å². The molecule has 0 saturated heterocycles. The molecule has 4 heterocycles. The molecule has 0 fully saturated rings. The highest BCUT2D eigenvalue weighted by atomic mass is 19.4. The summed E-state index contributed by atoms with van der Waals surface area (Å²) in [6, 6.07) is 10.4. The first-order valence-corrected chi connectivity index (χ1v) is 9.59. The summed E-state index contributed by atoms with van der Waals surface area (Å²) in [5.74, 6) is -0.321. The van der Waals surface area contributed by atoms with Crippen molar-refractivity contribution in [3.8, 4) is 11.1 Å². The average molecular weight is 436 g/mol. The molecule has 32 heavy (non-hydrogen) atoms. The summed E-state index contributed by atoms with van der Waals surface area (Å²) in [6.07, 6.45) is 4.98. The first-order valence-electron chi connectivity index (χ1n) is 9.59. The zero-order chi connectivity index (χ0) is 22.3. The van der Waals surface area contributed by atoms with Crippen LogP contribution in [0.5, 0.6) is 0 Å². The van der Waals surface area contributed by atoms with Crippen LogP contribution >= 0.6 is 0 Å². The van der Waals surface area contributed by atoms with Gasteiger partial charge in [-0.15, -0.1) is 0 Å². The number of hydrogen-bond donors (Lipinski definition) is 1. The molecule has 1 amide bonds. The van der Waals surface area contributed by atoms with Gasteiger partial charge < -0.3 is 9.72 Å². The van der Waals surface area contributed by atoms with Crippen molar-refractivity contribution in [3.05, 3.63) is 79.1 Å². The van der Waals surface area contributed by atoms with Crippen LogP contribution in [0.1, 0.15) is 10.4 Å². The van der Waals surface area contributed by atoms with E-state index in [0.29, 0.717) is 33.3 Å². The molecule has 0 aliphatic carbocycles. The molecule has 0 bridgehead atoms. The number of amides is 1. The third-order valence-corrected chi connectivity index (χ3v) is 4.96. The fourth-order valence-corrected chi connectivity index (χ4v) is 3.55. The van der Waals surface area contributed by atoms with E-state index in [1.54, 1.807) is 65.6 Å². The molecule has 7 nitrogen and oxygen atoms in total. The Balaban J connectivity index is 1.48. The monoisotopic (exact) mass is 436 g/mol. The number of rotatable bonds is 4. The number of halogens is 3. The quantitative estimate of drug-likeness (QED) is 0.448. The number of carbonyl (C=O) groups excluding carboxylic acids is 1. The van der Waals surface area contributed by atoms with Crippen molar-refractivity contribution in [2.75, 3.05) is 5.32 Å². The maximum atomic E-state index is 12.8. The zero-order valence-corrected chi connectivity index (χ0v) is 16.4. The molecule has 1 N–H and O–H groups in total. The van der Waals surface area contributed by atoms with Crippen molar-refractivity contribution in [2.24, 2.45) is 0 Å². The number of pyridine rings is 2. The van der Waals surface area contributed by atoms with Crippen molar-refractivity contribution in [2.45, 2.75) is 12.7 Å². The van der Waals surface area contributed by atoms with Gasteiger partial charge in [0, 0.05) is 41.9 Å². The molecular formula is C22H15F3N6O. The van der Waals surface area contributed by atoms with Crippen molar-refractivity contribution in [1.82, 2.24) is 24.1 Å². The average Bonchev–Trinajstić information content (AvgIpc) is 3.41. The Morgan fingerprint density at radius 3 is 2.75 bits per heavy atom. The van der Waals surface area contributed by atoms with Gasteiger partial charge in [0.15, 0.2) is 0 Å². The van der Waals surface area contributed by atoms with Crippen LogP contribution in [0.3, 0.4) is 0 Å². The molecule has 1 aromatic carbocycles. The number of hydrogen-bond acceptors (Lipinski definition) is 4. The van der Waals surface area contributed by atoms with E-state index in [1.807, 2.05) is 0 Å².